The van der Waals surface area contributed by atoms with Gasteiger partial charge in [-0.1, -0.05) is 176 Å². The largest absolute Gasteiger partial charge is 0.308 e. The molecule has 5 aromatic heterocycles. The van der Waals surface area contributed by atoms with E-state index in [1.54, 1.807) is 0 Å². The summed E-state index contributed by atoms with van der Waals surface area (Å²) < 4.78 is 4.88. The molecule has 5 heterocycles. The minimum atomic E-state index is 0.487. The van der Waals surface area contributed by atoms with Crippen LogP contribution in [0.3, 0.4) is 0 Å². The summed E-state index contributed by atoms with van der Waals surface area (Å²) in [6.07, 6.45) is 1.83. The van der Waals surface area contributed by atoms with Gasteiger partial charge in [-0.3, -0.25) is 4.98 Å². The molecular formula is C59H36N8S. The normalized spacial score (nSPS) is 11.5. The lowest BCUT2D eigenvalue weighted by atomic mass is 9.96. The van der Waals surface area contributed by atoms with Crippen molar-refractivity contribution in [1.82, 2.24) is 39.5 Å². The second kappa shape index (κ2) is 16.4. The summed E-state index contributed by atoms with van der Waals surface area (Å²) in [6, 6.07) is 72.5. The summed E-state index contributed by atoms with van der Waals surface area (Å²) in [5.74, 6) is 3.24. The number of rotatable bonds is 8. The van der Waals surface area contributed by atoms with Gasteiger partial charge in [-0.25, -0.2) is 29.9 Å². The van der Waals surface area contributed by atoms with Gasteiger partial charge in [0.25, 0.3) is 0 Å². The minimum absolute atomic E-state index is 0.487. The summed E-state index contributed by atoms with van der Waals surface area (Å²) in [6.45, 7) is 0. The van der Waals surface area contributed by atoms with Gasteiger partial charge >= 0.3 is 0 Å². The van der Waals surface area contributed by atoms with E-state index in [4.69, 9.17) is 34.9 Å². The van der Waals surface area contributed by atoms with Crippen LogP contribution in [0.25, 0.3) is 127 Å². The van der Waals surface area contributed by atoms with Gasteiger partial charge in [-0.05, 0) is 36.4 Å². The first-order valence-electron chi connectivity index (χ1n) is 22.4. The zero-order chi connectivity index (χ0) is 45.0. The lowest BCUT2D eigenvalue weighted by molar-refractivity contribution is 1.06. The highest BCUT2D eigenvalue weighted by Crippen LogP contribution is 2.46. The Hall–Kier alpha value is -9.05. The van der Waals surface area contributed by atoms with Crippen molar-refractivity contribution < 1.29 is 0 Å². The van der Waals surface area contributed by atoms with E-state index in [0.717, 1.165) is 61.1 Å². The first-order chi connectivity index (χ1) is 33.7. The van der Waals surface area contributed by atoms with Gasteiger partial charge in [-0.2, -0.15) is 0 Å². The smallest absolute Gasteiger partial charge is 0.166 e. The molecule has 0 aliphatic heterocycles. The Labute approximate surface area is 394 Å². The van der Waals surface area contributed by atoms with E-state index in [9.17, 15) is 0 Å². The van der Waals surface area contributed by atoms with Crippen LogP contribution in [0.2, 0.25) is 0 Å². The zero-order valence-corrected chi connectivity index (χ0v) is 37.1. The molecule has 68 heavy (non-hydrogen) atoms. The SMILES string of the molecule is c1ccc(-c2nc(-c3ccccc3)nc(-c3cccnc3-c3c(-c4nc(-c5ccccc5)nc(-c5ccccc5)n4)cccc3-n3c4ccccc4c4c5sc6ccccc6c5ccc43)n2)cc1. The highest BCUT2D eigenvalue weighted by atomic mass is 32.1. The zero-order valence-electron chi connectivity index (χ0n) is 36.3. The van der Waals surface area contributed by atoms with Gasteiger partial charge in [0.05, 0.1) is 22.4 Å². The Morgan fingerprint density at radius 3 is 1.41 bits per heavy atom. The molecule has 13 rings (SSSR count). The summed E-state index contributed by atoms with van der Waals surface area (Å²) in [5, 5.41) is 4.86. The average molecular weight is 889 g/mol. The molecule has 9 heteroatoms. The van der Waals surface area contributed by atoms with Crippen molar-refractivity contribution >= 4 is 53.3 Å². The van der Waals surface area contributed by atoms with Crippen molar-refractivity contribution in [2.45, 2.75) is 0 Å². The molecule has 0 amide bonds. The first kappa shape index (κ1) is 39.3. The number of fused-ring (bicyclic) bond motifs is 7. The quantitative estimate of drug-likeness (QED) is 0.150. The van der Waals surface area contributed by atoms with Crippen molar-refractivity contribution in [2.24, 2.45) is 0 Å². The molecule has 0 aliphatic rings. The van der Waals surface area contributed by atoms with Crippen LogP contribution < -0.4 is 0 Å². The number of para-hydroxylation sites is 1. The summed E-state index contributed by atoms with van der Waals surface area (Å²) in [4.78, 5) is 36.5. The number of hydrogen-bond acceptors (Lipinski definition) is 8. The van der Waals surface area contributed by atoms with E-state index in [1.165, 1.54) is 25.6 Å². The second-order valence-corrected chi connectivity index (χ2v) is 17.5. The fourth-order valence-corrected chi connectivity index (χ4v) is 10.6. The van der Waals surface area contributed by atoms with Crippen LogP contribution in [0, 0.1) is 0 Å². The number of benzene rings is 8. The molecular weight excluding hydrogens is 853 g/mol. The Balaban J connectivity index is 1.14. The van der Waals surface area contributed by atoms with Crippen molar-refractivity contribution in [3.05, 3.63) is 219 Å². The fraction of sp³-hybridized carbons (Fsp3) is 0. The summed E-state index contributed by atoms with van der Waals surface area (Å²) in [7, 11) is 0. The molecule has 0 atom stereocenters. The van der Waals surface area contributed by atoms with Gasteiger partial charge in [0.1, 0.15) is 0 Å². The summed E-state index contributed by atoms with van der Waals surface area (Å²) >= 11 is 1.84. The molecule has 0 N–H and O–H groups in total. The maximum Gasteiger partial charge on any atom is 0.166 e. The average Bonchev–Trinajstić information content (AvgIpc) is 3.97. The highest BCUT2D eigenvalue weighted by molar-refractivity contribution is 7.26. The molecule has 0 saturated carbocycles. The van der Waals surface area contributed by atoms with Gasteiger partial charge in [0.15, 0.2) is 34.9 Å². The Kier molecular flexibility index (Phi) is 9.50. The molecule has 0 unspecified atom stereocenters. The fourth-order valence-electron chi connectivity index (χ4n) is 9.30. The van der Waals surface area contributed by atoms with Crippen molar-refractivity contribution in [3.63, 3.8) is 0 Å². The molecule has 0 aliphatic carbocycles. The van der Waals surface area contributed by atoms with Crippen LogP contribution in [-0.4, -0.2) is 39.5 Å². The van der Waals surface area contributed by atoms with Gasteiger partial charge < -0.3 is 4.57 Å². The van der Waals surface area contributed by atoms with Crippen LogP contribution in [0.4, 0.5) is 0 Å². The van der Waals surface area contributed by atoms with Crippen molar-refractivity contribution in [1.29, 1.82) is 0 Å². The predicted molar refractivity (Wildman–Crippen MR) is 276 cm³/mol. The van der Waals surface area contributed by atoms with Crippen molar-refractivity contribution in [2.75, 3.05) is 0 Å². The third-order valence-electron chi connectivity index (χ3n) is 12.4. The molecule has 8 nitrogen and oxygen atoms in total. The van der Waals surface area contributed by atoms with E-state index in [1.807, 2.05) is 151 Å². The number of nitrogens with zero attached hydrogens (tertiary/aromatic N) is 8. The standard InChI is InChI=1S/C59H36N8S/c1-5-19-37(20-6-1)54-61-55(38-21-7-2-8-22-38)64-58(63-54)44-29-17-32-47(67-46-31-15-13-28-43(46)51-48(67)35-34-42-41-27-14-16-33-49(41)68-53(42)51)50(44)52-45(30-18-36-60-52)59-65-56(39-23-9-3-10-24-39)62-57(66-59)40-25-11-4-12-26-40/h1-36H. The van der Waals surface area contributed by atoms with Crippen molar-refractivity contribution in [3.8, 4) is 85.3 Å². The second-order valence-electron chi connectivity index (χ2n) is 16.5. The Morgan fingerprint density at radius 2 is 0.824 bits per heavy atom. The lowest BCUT2D eigenvalue weighted by Crippen LogP contribution is -2.06. The molecule has 8 aromatic carbocycles. The van der Waals surface area contributed by atoms with E-state index in [0.29, 0.717) is 40.6 Å². The highest BCUT2D eigenvalue weighted by Gasteiger charge is 2.27. The molecule has 0 radical (unpaired) electrons. The van der Waals surface area contributed by atoms with E-state index in [-0.39, 0.29) is 0 Å². The van der Waals surface area contributed by atoms with Crippen LogP contribution in [0.5, 0.6) is 0 Å². The Morgan fingerprint density at radius 1 is 0.338 bits per heavy atom. The molecule has 0 fully saturated rings. The first-order valence-corrected chi connectivity index (χ1v) is 23.2. The van der Waals surface area contributed by atoms with Crippen LogP contribution in [0.1, 0.15) is 0 Å². The lowest BCUT2D eigenvalue weighted by Gasteiger charge is -2.19. The molecule has 13 aromatic rings. The monoisotopic (exact) mass is 888 g/mol. The van der Waals surface area contributed by atoms with Crippen LogP contribution in [-0.2, 0) is 0 Å². The Bertz CT molecular complexity index is 3910. The topological polar surface area (TPSA) is 95.2 Å². The maximum absolute atomic E-state index is 5.31. The number of aromatic nitrogens is 8. The van der Waals surface area contributed by atoms with Crippen LogP contribution >= 0.6 is 11.3 Å². The maximum atomic E-state index is 5.31. The number of pyridine rings is 1. The van der Waals surface area contributed by atoms with E-state index in [2.05, 4.69) is 83.4 Å². The van der Waals surface area contributed by atoms with E-state index < -0.39 is 0 Å². The van der Waals surface area contributed by atoms with Crippen LogP contribution in [0.15, 0.2) is 219 Å². The molecule has 0 spiro atoms. The third kappa shape index (κ3) is 6.71. The minimum Gasteiger partial charge on any atom is -0.308 e. The van der Waals surface area contributed by atoms with Gasteiger partial charge in [0.2, 0.25) is 0 Å². The molecule has 0 saturated heterocycles. The van der Waals surface area contributed by atoms with E-state index >= 15 is 0 Å². The van der Waals surface area contributed by atoms with Gasteiger partial charge in [0, 0.05) is 76.1 Å². The predicted octanol–water partition coefficient (Wildman–Crippen LogP) is 14.6. The van der Waals surface area contributed by atoms with Gasteiger partial charge in [-0.15, -0.1) is 11.3 Å². The summed E-state index contributed by atoms with van der Waals surface area (Å²) in [5.41, 5.74) is 9.54. The third-order valence-corrected chi connectivity index (χ3v) is 13.6. The molecule has 0 bridgehead atoms. The number of thiophene rings is 1. The molecule has 318 valence electrons. The number of hydrogen-bond donors (Lipinski definition) is 0.